The van der Waals surface area contributed by atoms with Crippen molar-refractivity contribution in [3.8, 4) is 0 Å². The van der Waals surface area contributed by atoms with Gasteiger partial charge in [0, 0.05) is 17.2 Å². The second-order valence-electron chi connectivity index (χ2n) is 3.21. The minimum Gasteiger partial charge on any atom is -0.359 e. The van der Waals surface area contributed by atoms with Crippen molar-refractivity contribution in [3.63, 3.8) is 0 Å². The van der Waals surface area contributed by atoms with Crippen molar-refractivity contribution in [2.75, 3.05) is 13.2 Å². The molecule has 0 aromatic carbocycles. The van der Waals surface area contributed by atoms with E-state index in [0.717, 1.165) is 29.9 Å². The van der Waals surface area contributed by atoms with E-state index >= 15 is 0 Å². The largest absolute Gasteiger partial charge is 0.359 e. The molecule has 14 heavy (non-hydrogen) atoms. The summed E-state index contributed by atoms with van der Waals surface area (Å²) in [6.45, 7) is 2.72. The Labute approximate surface area is 92.0 Å². The van der Waals surface area contributed by atoms with Crippen molar-refractivity contribution in [3.05, 3.63) is 40.8 Å². The van der Waals surface area contributed by atoms with Crippen molar-refractivity contribution < 1.29 is 0 Å². The molecule has 0 bridgehead atoms. The van der Waals surface area contributed by atoms with Gasteiger partial charge < -0.3 is 4.90 Å². The van der Waals surface area contributed by atoms with E-state index < -0.39 is 0 Å². The van der Waals surface area contributed by atoms with E-state index in [9.17, 15) is 0 Å². The summed E-state index contributed by atoms with van der Waals surface area (Å²) in [5.74, 6) is 0. The molecule has 0 radical (unpaired) electrons. The van der Waals surface area contributed by atoms with Crippen LogP contribution in [0.1, 0.15) is 5.69 Å². The fraction of sp³-hybridized carbons (Fsp3) is 0.300. The summed E-state index contributed by atoms with van der Waals surface area (Å²) in [4.78, 5) is 6.52. The molecule has 2 rings (SSSR count). The molecule has 0 amide bonds. The lowest BCUT2D eigenvalue weighted by Gasteiger charge is -2.23. The van der Waals surface area contributed by atoms with Gasteiger partial charge in [0.15, 0.2) is 0 Å². The molecule has 4 heteroatoms. The van der Waals surface area contributed by atoms with E-state index in [2.05, 4.69) is 43.4 Å². The molecule has 0 saturated heterocycles. The van der Waals surface area contributed by atoms with Gasteiger partial charge in [0.1, 0.15) is 0 Å². The Morgan fingerprint density at radius 1 is 1.50 bits per heavy atom. The predicted octanol–water partition coefficient (Wildman–Crippen LogP) is 1.72. The quantitative estimate of drug-likeness (QED) is 0.871. The van der Waals surface area contributed by atoms with Crippen LogP contribution >= 0.6 is 15.9 Å². The highest BCUT2D eigenvalue weighted by atomic mass is 79.9. The van der Waals surface area contributed by atoms with E-state index in [1.165, 1.54) is 0 Å². The van der Waals surface area contributed by atoms with Gasteiger partial charge in [-0.1, -0.05) is 6.08 Å². The molecule has 0 fully saturated rings. The number of pyridine rings is 1. The van der Waals surface area contributed by atoms with Gasteiger partial charge in [0.2, 0.25) is 0 Å². The van der Waals surface area contributed by atoms with Crippen LogP contribution in [0, 0.1) is 0 Å². The number of hydrogen-bond acceptors (Lipinski definition) is 3. The molecule has 3 nitrogen and oxygen atoms in total. The maximum absolute atomic E-state index is 4.32. The molecular weight excluding hydrogens is 242 g/mol. The smallest absolute Gasteiger partial charge is 0.0683 e. The van der Waals surface area contributed by atoms with Crippen LogP contribution in [-0.4, -0.2) is 23.1 Å². The molecule has 1 aromatic heterocycles. The zero-order valence-corrected chi connectivity index (χ0v) is 9.37. The fourth-order valence-electron chi connectivity index (χ4n) is 1.36. The average Bonchev–Trinajstić information content (AvgIpc) is 2.23. The molecule has 74 valence electrons. The molecule has 0 spiro atoms. The first kappa shape index (κ1) is 9.68. The van der Waals surface area contributed by atoms with E-state index in [0.29, 0.717) is 0 Å². The van der Waals surface area contributed by atoms with E-state index in [4.69, 9.17) is 0 Å². The highest BCUT2D eigenvalue weighted by molar-refractivity contribution is 9.10. The first-order valence-corrected chi connectivity index (χ1v) is 5.36. The monoisotopic (exact) mass is 253 g/mol. The third kappa shape index (κ3) is 2.56. The minimum absolute atomic E-state index is 0.858. The minimum atomic E-state index is 0.858. The summed E-state index contributed by atoms with van der Waals surface area (Å²) in [6.07, 6.45) is 6.05. The Balaban J connectivity index is 1.99. The molecule has 1 aliphatic heterocycles. The number of aromatic nitrogens is 1. The maximum Gasteiger partial charge on any atom is 0.0683 e. The third-order valence-corrected chi connectivity index (χ3v) is 2.52. The summed E-state index contributed by atoms with van der Waals surface area (Å²) < 4.78 is 1.02. The van der Waals surface area contributed by atoms with Gasteiger partial charge in [-0.25, -0.2) is 0 Å². The van der Waals surface area contributed by atoms with Gasteiger partial charge in [0.25, 0.3) is 0 Å². The highest BCUT2D eigenvalue weighted by Gasteiger charge is 2.03. The first-order valence-electron chi connectivity index (χ1n) is 4.56. The normalized spacial score (nSPS) is 15.9. The van der Waals surface area contributed by atoms with Crippen molar-refractivity contribution >= 4 is 15.9 Å². The lowest BCUT2D eigenvalue weighted by atomic mass is 10.3. The fourth-order valence-corrected chi connectivity index (χ4v) is 1.60. The summed E-state index contributed by atoms with van der Waals surface area (Å²) in [5, 5.41) is 3.27. The standard InChI is InChI=1S/C10H12BrN3/c11-9-2-3-10(13-6-9)7-14-5-1-4-12-8-14/h1-3,5-6,12H,4,7-8H2. The van der Waals surface area contributed by atoms with E-state index in [1.807, 2.05) is 18.3 Å². The molecule has 1 N–H and O–H groups in total. The second-order valence-corrected chi connectivity index (χ2v) is 4.13. The van der Waals surface area contributed by atoms with Crippen LogP contribution in [0.3, 0.4) is 0 Å². The summed E-state index contributed by atoms with van der Waals surface area (Å²) >= 11 is 3.37. The van der Waals surface area contributed by atoms with Gasteiger partial charge in [0.05, 0.1) is 18.9 Å². The topological polar surface area (TPSA) is 28.2 Å². The first-order chi connectivity index (χ1) is 6.84. The molecule has 1 aromatic rings. The summed E-state index contributed by atoms with van der Waals surface area (Å²) in [6, 6.07) is 4.05. The van der Waals surface area contributed by atoms with Crippen LogP contribution in [0.5, 0.6) is 0 Å². The summed E-state index contributed by atoms with van der Waals surface area (Å²) in [7, 11) is 0. The second kappa shape index (κ2) is 4.57. The Morgan fingerprint density at radius 2 is 2.43 bits per heavy atom. The Morgan fingerprint density at radius 3 is 3.07 bits per heavy atom. The maximum atomic E-state index is 4.32. The molecule has 2 heterocycles. The molecular formula is C10H12BrN3. The van der Waals surface area contributed by atoms with Crippen LogP contribution in [0.25, 0.3) is 0 Å². The number of halogens is 1. The van der Waals surface area contributed by atoms with Crippen molar-refractivity contribution in [2.24, 2.45) is 0 Å². The SMILES string of the molecule is Brc1ccc(CN2C=CCNC2)nc1. The molecule has 1 aliphatic rings. The van der Waals surface area contributed by atoms with Gasteiger partial charge in [-0.15, -0.1) is 0 Å². The lowest BCUT2D eigenvalue weighted by Crippen LogP contribution is -2.33. The Hall–Kier alpha value is -0.870. The van der Waals surface area contributed by atoms with Crippen LogP contribution in [0.2, 0.25) is 0 Å². The van der Waals surface area contributed by atoms with Crippen LogP contribution in [-0.2, 0) is 6.54 Å². The van der Waals surface area contributed by atoms with Crippen LogP contribution < -0.4 is 5.32 Å². The molecule has 0 saturated carbocycles. The van der Waals surface area contributed by atoms with Crippen LogP contribution in [0.4, 0.5) is 0 Å². The third-order valence-electron chi connectivity index (χ3n) is 2.05. The number of nitrogens with zero attached hydrogens (tertiary/aromatic N) is 2. The Kier molecular flexibility index (Phi) is 3.16. The predicted molar refractivity (Wildman–Crippen MR) is 59.5 cm³/mol. The summed E-state index contributed by atoms with van der Waals surface area (Å²) in [5.41, 5.74) is 1.08. The zero-order chi connectivity index (χ0) is 9.80. The van der Waals surface area contributed by atoms with Crippen molar-refractivity contribution in [1.29, 1.82) is 0 Å². The zero-order valence-electron chi connectivity index (χ0n) is 7.78. The van der Waals surface area contributed by atoms with Gasteiger partial charge in [-0.2, -0.15) is 0 Å². The molecule has 0 atom stereocenters. The van der Waals surface area contributed by atoms with Gasteiger partial charge in [-0.3, -0.25) is 10.3 Å². The highest BCUT2D eigenvalue weighted by Crippen LogP contribution is 2.09. The van der Waals surface area contributed by atoms with E-state index in [-0.39, 0.29) is 0 Å². The lowest BCUT2D eigenvalue weighted by molar-refractivity contribution is 0.324. The average molecular weight is 254 g/mol. The van der Waals surface area contributed by atoms with Gasteiger partial charge in [-0.05, 0) is 34.3 Å². The van der Waals surface area contributed by atoms with Crippen molar-refractivity contribution in [2.45, 2.75) is 6.54 Å². The van der Waals surface area contributed by atoms with Crippen molar-refractivity contribution in [1.82, 2.24) is 15.2 Å². The Bertz CT molecular complexity index is 321. The van der Waals surface area contributed by atoms with E-state index in [1.54, 1.807) is 0 Å². The van der Waals surface area contributed by atoms with Crippen LogP contribution in [0.15, 0.2) is 35.1 Å². The van der Waals surface area contributed by atoms with Gasteiger partial charge >= 0.3 is 0 Å². The number of nitrogens with one attached hydrogen (secondary N) is 1. The molecule has 0 aliphatic carbocycles. The molecule has 0 unspecified atom stereocenters. The number of rotatable bonds is 2. The number of hydrogen-bond donors (Lipinski definition) is 1.